The van der Waals surface area contributed by atoms with E-state index in [1.54, 1.807) is 23.5 Å². The fourth-order valence-electron chi connectivity index (χ4n) is 1.53. The largest absolute Gasteiger partial charge is 0.478 e. The minimum absolute atomic E-state index is 0.0343. The fraction of sp³-hybridized carbons (Fsp3) is 0.154. The molecule has 0 aliphatic rings. The summed E-state index contributed by atoms with van der Waals surface area (Å²) < 4.78 is 0. The number of rotatable bonds is 3. The van der Waals surface area contributed by atoms with Crippen molar-refractivity contribution >= 4 is 17.3 Å². The first-order valence-electron chi connectivity index (χ1n) is 5.27. The van der Waals surface area contributed by atoms with Gasteiger partial charge in [0.05, 0.1) is 5.56 Å². The highest BCUT2D eigenvalue weighted by Crippen LogP contribution is 2.30. The van der Waals surface area contributed by atoms with Crippen LogP contribution in [0.25, 0.3) is 10.4 Å². The Kier molecular flexibility index (Phi) is 3.26. The van der Waals surface area contributed by atoms with Gasteiger partial charge >= 0.3 is 5.97 Å². The lowest BCUT2D eigenvalue weighted by Gasteiger charge is -2.00. The molecule has 3 nitrogen and oxygen atoms in total. The molecule has 0 aliphatic carbocycles. The number of carboxylic acids is 1. The number of nitrogens with two attached hydrogens (primary N) is 1. The highest BCUT2D eigenvalue weighted by atomic mass is 32.1. The van der Waals surface area contributed by atoms with Gasteiger partial charge in [-0.05, 0) is 36.8 Å². The smallest absolute Gasteiger partial charge is 0.335 e. The van der Waals surface area contributed by atoms with Gasteiger partial charge in [0.15, 0.2) is 0 Å². The zero-order chi connectivity index (χ0) is 12.4. The third kappa shape index (κ3) is 2.54. The molecule has 0 aliphatic heterocycles. The number of benzene rings is 1. The van der Waals surface area contributed by atoms with E-state index in [1.165, 1.54) is 0 Å². The predicted octanol–water partition coefficient (Wildman–Crippen LogP) is 3.13. The minimum Gasteiger partial charge on any atom is -0.478 e. The first-order chi connectivity index (χ1) is 8.08. The van der Waals surface area contributed by atoms with Gasteiger partial charge < -0.3 is 10.8 Å². The Morgan fingerprint density at radius 1 is 1.24 bits per heavy atom. The van der Waals surface area contributed by atoms with E-state index in [0.29, 0.717) is 5.56 Å². The molecule has 1 heterocycles. The van der Waals surface area contributed by atoms with Crippen LogP contribution in [-0.2, 0) is 0 Å². The summed E-state index contributed by atoms with van der Waals surface area (Å²) in [5.41, 5.74) is 7.13. The maximum Gasteiger partial charge on any atom is 0.335 e. The van der Waals surface area contributed by atoms with Crippen LogP contribution in [0.4, 0.5) is 0 Å². The molecule has 17 heavy (non-hydrogen) atoms. The molecule has 0 radical (unpaired) electrons. The number of hydrogen-bond acceptors (Lipinski definition) is 3. The van der Waals surface area contributed by atoms with Crippen molar-refractivity contribution in [1.82, 2.24) is 0 Å². The Hall–Kier alpha value is -1.65. The second kappa shape index (κ2) is 4.69. The Morgan fingerprint density at radius 3 is 2.35 bits per heavy atom. The van der Waals surface area contributed by atoms with Gasteiger partial charge in [-0.1, -0.05) is 12.1 Å². The quantitative estimate of drug-likeness (QED) is 0.875. The third-order valence-corrected chi connectivity index (χ3v) is 3.83. The van der Waals surface area contributed by atoms with Gasteiger partial charge in [-0.25, -0.2) is 4.79 Å². The first-order valence-corrected chi connectivity index (χ1v) is 6.08. The summed E-state index contributed by atoms with van der Waals surface area (Å²) >= 11 is 1.64. The number of carboxylic acid groups (broad SMARTS) is 1. The number of thiophene rings is 1. The van der Waals surface area contributed by atoms with Gasteiger partial charge in [-0.3, -0.25) is 0 Å². The summed E-state index contributed by atoms with van der Waals surface area (Å²) in [5, 5.41) is 8.81. The molecule has 1 aromatic carbocycles. The van der Waals surface area contributed by atoms with Crippen molar-refractivity contribution in [3.8, 4) is 10.4 Å². The van der Waals surface area contributed by atoms with Gasteiger partial charge in [0.2, 0.25) is 0 Å². The van der Waals surface area contributed by atoms with E-state index in [-0.39, 0.29) is 6.04 Å². The molecule has 0 amide bonds. The van der Waals surface area contributed by atoms with Gasteiger partial charge in [0, 0.05) is 15.8 Å². The summed E-state index contributed by atoms with van der Waals surface area (Å²) in [6.45, 7) is 1.95. The molecule has 2 aromatic rings. The van der Waals surface area contributed by atoms with Crippen LogP contribution in [0.5, 0.6) is 0 Å². The molecular formula is C13H13NO2S. The van der Waals surface area contributed by atoms with E-state index in [2.05, 4.69) is 0 Å². The van der Waals surface area contributed by atoms with Crippen LogP contribution < -0.4 is 5.73 Å². The summed E-state index contributed by atoms with van der Waals surface area (Å²) in [4.78, 5) is 13.0. The summed E-state index contributed by atoms with van der Waals surface area (Å²) in [5.74, 6) is -0.904. The Bertz CT molecular complexity index is 529. The normalized spacial score (nSPS) is 12.4. The zero-order valence-corrected chi connectivity index (χ0v) is 10.2. The topological polar surface area (TPSA) is 63.3 Å². The standard InChI is InChI=1S/C13H13NO2S/c1-8(14)11-6-7-12(17-11)9-2-4-10(5-3-9)13(15)16/h2-8H,14H2,1H3,(H,15,16). The van der Waals surface area contributed by atoms with Crippen molar-refractivity contribution in [1.29, 1.82) is 0 Å². The SMILES string of the molecule is CC(N)c1ccc(-c2ccc(C(=O)O)cc2)s1. The summed E-state index contributed by atoms with van der Waals surface area (Å²) in [6, 6.07) is 10.9. The predicted molar refractivity (Wildman–Crippen MR) is 69.3 cm³/mol. The molecule has 4 heteroatoms. The first kappa shape index (κ1) is 11.8. The van der Waals surface area contributed by atoms with Gasteiger partial charge in [-0.2, -0.15) is 0 Å². The lowest BCUT2D eigenvalue weighted by molar-refractivity contribution is 0.0697. The third-order valence-electron chi connectivity index (χ3n) is 2.49. The maximum atomic E-state index is 10.7. The second-order valence-corrected chi connectivity index (χ2v) is 4.99. The average molecular weight is 247 g/mol. The van der Waals surface area contributed by atoms with Crippen LogP contribution in [0, 0.1) is 0 Å². The van der Waals surface area contributed by atoms with E-state index in [1.807, 2.05) is 31.2 Å². The van der Waals surface area contributed by atoms with Gasteiger partial charge in [-0.15, -0.1) is 11.3 Å². The minimum atomic E-state index is -0.904. The van der Waals surface area contributed by atoms with Crippen molar-refractivity contribution in [2.24, 2.45) is 5.73 Å². The number of hydrogen-bond donors (Lipinski definition) is 2. The highest BCUT2D eigenvalue weighted by molar-refractivity contribution is 7.15. The van der Waals surface area contributed by atoms with E-state index >= 15 is 0 Å². The lowest BCUT2D eigenvalue weighted by Crippen LogP contribution is -2.01. The van der Waals surface area contributed by atoms with Gasteiger partial charge in [0.25, 0.3) is 0 Å². The molecule has 1 aromatic heterocycles. The van der Waals surface area contributed by atoms with Crippen LogP contribution in [0.15, 0.2) is 36.4 Å². The monoisotopic (exact) mass is 247 g/mol. The van der Waals surface area contributed by atoms with Crippen molar-refractivity contribution in [3.63, 3.8) is 0 Å². The van der Waals surface area contributed by atoms with Crippen molar-refractivity contribution in [3.05, 3.63) is 46.8 Å². The molecular weight excluding hydrogens is 234 g/mol. The Labute approximate surface area is 104 Å². The van der Waals surface area contributed by atoms with Crippen LogP contribution in [0.3, 0.4) is 0 Å². The van der Waals surface area contributed by atoms with E-state index in [4.69, 9.17) is 10.8 Å². The van der Waals surface area contributed by atoms with E-state index in [0.717, 1.165) is 15.3 Å². The molecule has 0 saturated heterocycles. The molecule has 3 N–H and O–H groups in total. The molecule has 88 valence electrons. The number of aromatic carboxylic acids is 1. The molecule has 0 fully saturated rings. The highest BCUT2D eigenvalue weighted by Gasteiger charge is 2.07. The molecule has 0 spiro atoms. The van der Waals surface area contributed by atoms with Crippen molar-refractivity contribution in [2.75, 3.05) is 0 Å². The Morgan fingerprint density at radius 2 is 1.88 bits per heavy atom. The lowest BCUT2D eigenvalue weighted by atomic mass is 10.1. The van der Waals surface area contributed by atoms with Crippen LogP contribution >= 0.6 is 11.3 Å². The van der Waals surface area contributed by atoms with Crippen molar-refractivity contribution < 1.29 is 9.90 Å². The Balaban J connectivity index is 2.30. The summed E-state index contributed by atoms with van der Waals surface area (Å²) in [7, 11) is 0. The average Bonchev–Trinajstić information content (AvgIpc) is 2.78. The van der Waals surface area contributed by atoms with Crippen LogP contribution in [0.1, 0.15) is 28.2 Å². The molecule has 2 rings (SSSR count). The molecule has 0 saturated carbocycles. The van der Waals surface area contributed by atoms with E-state index < -0.39 is 5.97 Å². The molecule has 1 atom stereocenters. The van der Waals surface area contributed by atoms with Gasteiger partial charge in [0.1, 0.15) is 0 Å². The molecule has 0 bridgehead atoms. The van der Waals surface area contributed by atoms with Crippen LogP contribution in [0.2, 0.25) is 0 Å². The zero-order valence-electron chi connectivity index (χ0n) is 9.38. The molecule has 1 unspecified atom stereocenters. The van der Waals surface area contributed by atoms with Crippen LogP contribution in [-0.4, -0.2) is 11.1 Å². The summed E-state index contributed by atoms with van der Waals surface area (Å²) in [6.07, 6.45) is 0. The van der Waals surface area contributed by atoms with Crippen molar-refractivity contribution in [2.45, 2.75) is 13.0 Å². The number of carbonyl (C=O) groups is 1. The maximum absolute atomic E-state index is 10.7. The second-order valence-electron chi connectivity index (χ2n) is 3.87. The fourth-order valence-corrected chi connectivity index (χ4v) is 2.50. The van der Waals surface area contributed by atoms with E-state index in [9.17, 15) is 4.79 Å².